The normalized spacial score (nSPS) is 16.2. The Hall–Kier alpha value is -4.11. The first-order valence-corrected chi connectivity index (χ1v) is 15.9. The minimum atomic E-state index is -3.75. The van der Waals surface area contributed by atoms with Crippen molar-refractivity contribution in [3.8, 4) is 17.0 Å². The Morgan fingerprint density at radius 3 is 2.42 bits per heavy atom. The number of sulfonamides is 1. The van der Waals surface area contributed by atoms with Gasteiger partial charge in [0.05, 0.1) is 61.1 Å². The van der Waals surface area contributed by atoms with Crippen molar-refractivity contribution in [2.75, 3.05) is 51.9 Å². The van der Waals surface area contributed by atoms with E-state index in [1.54, 1.807) is 65.1 Å². The smallest absolute Gasteiger partial charge is 0.410 e. The van der Waals surface area contributed by atoms with Gasteiger partial charge in [-0.05, 0) is 45.9 Å². The molecule has 0 unspecified atom stereocenters. The van der Waals surface area contributed by atoms with Crippen molar-refractivity contribution in [1.82, 2.24) is 19.6 Å². The molecule has 0 saturated heterocycles. The summed E-state index contributed by atoms with van der Waals surface area (Å²) in [5.74, 6) is -0.156. The van der Waals surface area contributed by atoms with Crippen LogP contribution in [0.15, 0.2) is 53.6 Å². The molecule has 14 heteroatoms. The minimum absolute atomic E-state index is 0.0820. The van der Waals surface area contributed by atoms with Gasteiger partial charge in [-0.1, -0.05) is 24.3 Å². The second kappa shape index (κ2) is 14.8. The Labute approximate surface area is 263 Å². The van der Waals surface area contributed by atoms with Crippen molar-refractivity contribution >= 4 is 27.7 Å². The summed E-state index contributed by atoms with van der Waals surface area (Å²) in [5.41, 5.74) is 1.79. The van der Waals surface area contributed by atoms with Crippen molar-refractivity contribution in [3.63, 3.8) is 0 Å². The molecular formula is C31H39N5O8S. The van der Waals surface area contributed by atoms with Crippen LogP contribution in [0.4, 0.5) is 10.5 Å². The lowest BCUT2D eigenvalue weighted by atomic mass is 10.1. The largest absolute Gasteiger partial charge is 0.489 e. The number of anilines is 1. The van der Waals surface area contributed by atoms with E-state index in [1.165, 1.54) is 23.2 Å². The Balaban J connectivity index is 1.66. The molecule has 0 saturated carbocycles. The van der Waals surface area contributed by atoms with Gasteiger partial charge in [0, 0.05) is 24.7 Å². The van der Waals surface area contributed by atoms with Crippen molar-refractivity contribution in [2.24, 2.45) is 0 Å². The van der Waals surface area contributed by atoms with E-state index in [-0.39, 0.29) is 56.7 Å². The third kappa shape index (κ3) is 9.44. The Morgan fingerprint density at radius 2 is 1.71 bits per heavy atom. The molecule has 2 aliphatic rings. The van der Waals surface area contributed by atoms with Gasteiger partial charge in [0.1, 0.15) is 23.7 Å². The highest BCUT2D eigenvalue weighted by Gasteiger charge is 2.23. The van der Waals surface area contributed by atoms with Crippen LogP contribution in [0.5, 0.6) is 5.75 Å². The lowest BCUT2D eigenvalue weighted by molar-refractivity contribution is 0.0281. The summed E-state index contributed by atoms with van der Waals surface area (Å²) in [7, 11) is -2.13. The number of amides is 2. The number of aromatic nitrogens is 2. The molecule has 13 nitrogen and oxygen atoms in total. The monoisotopic (exact) mass is 641 g/mol. The van der Waals surface area contributed by atoms with Crippen molar-refractivity contribution < 1.29 is 37.0 Å². The van der Waals surface area contributed by atoms with E-state index in [2.05, 4.69) is 20.0 Å². The summed E-state index contributed by atoms with van der Waals surface area (Å²) in [6.07, 6.45) is 1.01. The van der Waals surface area contributed by atoms with E-state index in [0.717, 1.165) is 0 Å². The standard InChI is InChI=1S/C31H39N5O8S/c1-21-27-29(37)35-25-8-6-7-23(20-36(5)30(38)44-31(2,3)4)28(25)43-18-17-42-16-15-41-14-13-33-45(39,40)24-11-9-22(10-12-24)26(34-27)19-32-21/h6-12,19,33H,13-18,20H2,1-5H3,(H,35,37). The van der Waals surface area contributed by atoms with Gasteiger partial charge < -0.3 is 29.2 Å². The van der Waals surface area contributed by atoms with E-state index in [1.807, 2.05) is 0 Å². The zero-order valence-corrected chi connectivity index (χ0v) is 26.9. The molecule has 0 atom stereocenters. The minimum Gasteiger partial charge on any atom is -0.489 e. The fourth-order valence-electron chi connectivity index (χ4n) is 4.28. The predicted octanol–water partition coefficient (Wildman–Crippen LogP) is 3.78. The van der Waals surface area contributed by atoms with Crippen molar-refractivity contribution in [3.05, 3.63) is 65.6 Å². The number of hydrogen-bond donors (Lipinski definition) is 2. The van der Waals surface area contributed by atoms with E-state index < -0.39 is 27.6 Å². The van der Waals surface area contributed by atoms with Crippen LogP contribution in [-0.2, 0) is 30.8 Å². The number of rotatable bonds is 2. The van der Waals surface area contributed by atoms with Gasteiger partial charge in [0.15, 0.2) is 0 Å². The average molecular weight is 642 g/mol. The summed E-state index contributed by atoms with van der Waals surface area (Å²) >= 11 is 0. The van der Waals surface area contributed by atoms with Gasteiger partial charge in [-0.15, -0.1) is 0 Å². The molecule has 2 N–H and O–H groups in total. The molecule has 242 valence electrons. The van der Waals surface area contributed by atoms with Crippen LogP contribution in [0.3, 0.4) is 0 Å². The number of carbonyl (C=O) groups is 2. The first kappa shape index (κ1) is 33.8. The second-order valence-electron chi connectivity index (χ2n) is 11.3. The molecular weight excluding hydrogens is 602 g/mol. The van der Waals surface area contributed by atoms with Gasteiger partial charge in [0.25, 0.3) is 5.91 Å². The first-order valence-electron chi connectivity index (χ1n) is 14.4. The van der Waals surface area contributed by atoms with Gasteiger partial charge in [-0.25, -0.2) is 22.9 Å². The summed E-state index contributed by atoms with van der Waals surface area (Å²) in [6.45, 7) is 8.32. The van der Waals surface area contributed by atoms with Crippen LogP contribution in [0.1, 0.15) is 42.5 Å². The van der Waals surface area contributed by atoms with Gasteiger partial charge >= 0.3 is 6.09 Å². The van der Waals surface area contributed by atoms with E-state index in [0.29, 0.717) is 34.0 Å². The number of nitrogens with zero attached hydrogens (tertiary/aromatic N) is 3. The molecule has 2 amide bonds. The Kier molecular flexibility index (Phi) is 11.1. The number of hydrogen-bond acceptors (Lipinski definition) is 10. The first-order chi connectivity index (χ1) is 21.3. The molecule has 0 spiro atoms. The predicted molar refractivity (Wildman–Crippen MR) is 167 cm³/mol. The van der Waals surface area contributed by atoms with Crippen LogP contribution >= 0.6 is 0 Å². The van der Waals surface area contributed by atoms with Gasteiger partial charge in [-0.2, -0.15) is 0 Å². The maximum absolute atomic E-state index is 13.6. The van der Waals surface area contributed by atoms with Gasteiger partial charge in [-0.3, -0.25) is 9.78 Å². The molecule has 0 aliphatic carbocycles. The molecule has 1 aromatic heterocycles. The topological polar surface area (TPSA) is 158 Å². The lowest BCUT2D eigenvalue weighted by Gasteiger charge is -2.25. The van der Waals surface area contributed by atoms with E-state index in [9.17, 15) is 18.0 Å². The molecule has 3 aromatic rings. The maximum atomic E-state index is 13.6. The molecule has 2 aliphatic heterocycles. The summed E-state index contributed by atoms with van der Waals surface area (Å²) < 4.78 is 50.6. The van der Waals surface area contributed by atoms with Crippen molar-refractivity contribution in [2.45, 2.75) is 44.7 Å². The summed E-state index contributed by atoms with van der Waals surface area (Å²) in [6, 6.07) is 11.4. The quantitative estimate of drug-likeness (QED) is 0.395. The van der Waals surface area contributed by atoms with Gasteiger partial charge in [0.2, 0.25) is 10.0 Å². The zero-order valence-electron chi connectivity index (χ0n) is 26.1. The van der Waals surface area contributed by atoms with E-state index in [4.69, 9.17) is 18.9 Å². The number of carbonyl (C=O) groups excluding carboxylic acids is 2. The number of para-hydroxylation sites is 1. The molecule has 4 bridgehead atoms. The molecule has 3 heterocycles. The molecule has 0 fully saturated rings. The van der Waals surface area contributed by atoms with Crippen LogP contribution < -0.4 is 14.8 Å². The molecule has 2 aromatic carbocycles. The Morgan fingerprint density at radius 1 is 1.02 bits per heavy atom. The molecule has 5 rings (SSSR count). The third-order valence-corrected chi connectivity index (χ3v) is 7.95. The number of nitrogens with one attached hydrogen (secondary N) is 2. The second-order valence-corrected chi connectivity index (χ2v) is 13.0. The zero-order chi connectivity index (χ0) is 32.6. The number of fused-ring (bicyclic) bond motifs is 13. The van der Waals surface area contributed by atoms with E-state index >= 15 is 0 Å². The highest BCUT2D eigenvalue weighted by Crippen LogP contribution is 2.31. The highest BCUT2D eigenvalue weighted by atomic mass is 32.2. The summed E-state index contributed by atoms with van der Waals surface area (Å²) in [4.78, 5) is 36.7. The Bertz CT molecular complexity index is 1610. The van der Waals surface area contributed by atoms with Crippen molar-refractivity contribution in [1.29, 1.82) is 0 Å². The highest BCUT2D eigenvalue weighted by molar-refractivity contribution is 7.89. The number of benzene rings is 2. The number of ether oxygens (including phenoxy) is 4. The van der Waals surface area contributed by atoms with Crippen LogP contribution in [0, 0.1) is 6.92 Å². The average Bonchev–Trinajstić information content (AvgIpc) is 2.98. The molecule has 0 radical (unpaired) electrons. The van der Waals surface area contributed by atoms with Crippen LogP contribution in [0.25, 0.3) is 11.3 Å². The maximum Gasteiger partial charge on any atom is 0.410 e. The summed E-state index contributed by atoms with van der Waals surface area (Å²) in [5, 5.41) is 2.88. The fraction of sp³-hybridized carbons (Fsp3) is 0.419. The SMILES string of the molecule is Cc1ncc2nc1C(=O)Nc1cccc(CN(C)C(=O)OC(C)(C)C)c1OCCOCCOCCNS(=O)(=O)c1ccc-2cc1. The number of aryl methyl sites for hydroxylation is 1. The fourth-order valence-corrected chi connectivity index (χ4v) is 5.30. The van der Waals surface area contributed by atoms with Crippen LogP contribution in [0.2, 0.25) is 0 Å². The third-order valence-electron chi connectivity index (χ3n) is 6.47. The lowest BCUT2D eigenvalue weighted by Crippen LogP contribution is -2.34. The molecule has 45 heavy (non-hydrogen) atoms. The van der Waals surface area contributed by atoms with Crippen LogP contribution in [-0.4, -0.2) is 87.5 Å².